The van der Waals surface area contributed by atoms with Crippen molar-refractivity contribution in [3.8, 4) is 23.5 Å². The van der Waals surface area contributed by atoms with E-state index in [2.05, 4.69) is 40.5 Å². The van der Waals surface area contributed by atoms with E-state index in [1.54, 1.807) is 12.3 Å². The smallest absolute Gasteiger partial charge is 0.411 e. The second-order valence-corrected chi connectivity index (χ2v) is 6.02. The van der Waals surface area contributed by atoms with E-state index in [1.807, 2.05) is 24.3 Å². The molecule has 0 saturated heterocycles. The minimum absolute atomic E-state index is 0.0256. The van der Waals surface area contributed by atoms with Crippen LogP contribution in [0.4, 0.5) is 10.5 Å². The highest BCUT2D eigenvalue weighted by Crippen LogP contribution is 2.44. The largest absolute Gasteiger partial charge is 0.448 e. The number of benzene rings is 2. The summed E-state index contributed by atoms with van der Waals surface area (Å²) in [6.07, 6.45) is 7.99. The highest BCUT2D eigenvalue weighted by molar-refractivity contribution is 5.86. The summed E-state index contributed by atoms with van der Waals surface area (Å²) in [4.78, 5) is 16.2. The summed E-state index contributed by atoms with van der Waals surface area (Å²) in [5.74, 6) is 2.52. The molecule has 26 heavy (non-hydrogen) atoms. The molecule has 0 fully saturated rings. The third-order valence-corrected chi connectivity index (χ3v) is 4.56. The topological polar surface area (TPSA) is 51.2 Å². The summed E-state index contributed by atoms with van der Waals surface area (Å²) in [7, 11) is 0. The molecule has 4 heteroatoms. The van der Waals surface area contributed by atoms with E-state index in [4.69, 9.17) is 11.2 Å². The maximum Gasteiger partial charge on any atom is 0.411 e. The number of carbonyl (C=O) groups excluding carboxylic acids is 1. The van der Waals surface area contributed by atoms with Gasteiger partial charge >= 0.3 is 6.09 Å². The number of ether oxygens (including phenoxy) is 1. The normalized spacial score (nSPS) is 12.0. The molecule has 0 saturated carbocycles. The van der Waals surface area contributed by atoms with Crippen molar-refractivity contribution >= 4 is 11.8 Å². The van der Waals surface area contributed by atoms with Crippen LogP contribution >= 0.6 is 0 Å². The molecule has 1 aromatic heterocycles. The van der Waals surface area contributed by atoms with E-state index in [0.29, 0.717) is 11.3 Å². The molecule has 0 bridgehead atoms. The number of anilines is 1. The first-order valence-electron chi connectivity index (χ1n) is 8.30. The molecule has 0 unspecified atom stereocenters. The highest BCUT2D eigenvalue weighted by atomic mass is 16.5. The number of fused-ring (bicyclic) bond motifs is 3. The van der Waals surface area contributed by atoms with Gasteiger partial charge in [0.15, 0.2) is 0 Å². The highest BCUT2D eigenvalue weighted by Gasteiger charge is 2.29. The molecule has 1 heterocycles. The van der Waals surface area contributed by atoms with Gasteiger partial charge in [-0.1, -0.05) is 54.5 Å². The van der Waals surface area contributed by atoms with Gasteiger partial charge in [-0.3, -0.25) is 10.3 Å². The minimum atomic E-state index is -0.533. The van der Waals surface area contributed by atoms with E-state index >= 15 is 0 Å². The number of hydrogen-bond acceptors (Lipinski definition) is 3. The molecular weight excluding hydrogens is 324 g/mol. The van der Waals surface area contributed by atoms with Crippen LogP contribution in [-0.2, 0) is 4.74 Å². The Balaban J connectivity index is 1.52. The van der Waals surface area contributed by atoms with Gasteiger partial charge in [-0.05, 0) is 28.3 Å². The van der Waals surface area contributed by atoms with Crippen molar-refractivity contribution in [3.63, 3.8) is 0 Å². The molecule has 1 amide bonds. The lowest BCUT2D eigenvalue weighted by Gasteiger charge is -2.15. The molecule has 0 aliphatic heterocycles. The molecule has 2 aromatic carbocycles. The first-order valence-corrected chi connectivity index (χ1v) is 8.30. The Bertz CT molecular complexity index is 975. The Morgan fingerprint density at radius 2 is 1.73 bits per heavy atom. The van der Waals surface area contributed by atoms with Gasteiger partial charge in [-0.2, -0.15) is 0 Å². The van der Waals surface area contributed by atoms with Crippen LogP contribution in [0, 0.1) is 12.3 Å². The van der Waals surface area contributed by atoms with Gasteiger partial charge < -0.3 is 4.74 Å². The average molecular weight is 340 g/mol. The fraction of sp³-hybridized carbons (Fsp3) is 0.0909. The minimum Gasteiger partial charge on any atom is -0.448 e. The van der Waals surface area contributed by atoms with Crippen LogP contribution in [0.25, 0.3) is 11.1 Å². The Morgan fingerprint density at radius 1 is 1.08 bits per heavy atom. The van der Waals surface area contributed by atoms with E-state index < -0.39 is 6.09 Å². The van der Waals surface area contributed by atoms with Crippen LogP contribution in [0.15, 0.2) is 67.0 Å². The zero-order valence-electron chi connectivity index (χ0n) is 14.0. The third kappa shape index (κ3) is 2.80. The van der Waals surface area contributed by atoms with Crippen molar-refractivity contribution in [3.05, 3.63) is 83.7 Å². The molecule has 4 rings (SSSR count). The second-order valence-electron chi connectivity index (χ2n) is 6.02. The van der Waals surface area contributed by atoms with E-state index in [-0.39, 0.29) is 12.5 Å². The maximum absolute atomic E-state index is 12.2. The van der Waals surface area contributed by atoms with E-state index in [1.165, 1.54) is 28.5 Å². The number of carbonyl (C=O) groups is 1. The summed E-state index contributed by atoms with van der Waals surface area (Å²) in [6.45, 7) is 0.260. The average Bonchev–Trinajstić information content (AvgIpc) is 3.01. The van der Waals surface area contributed by atoms with Crippen LogP contribution in [0.1, 0.15) is 22.6 Å². The summed E-state index contributed by atoms with van der Waals surface area (Å²) < 4.78 is 5.50. The number of rotatable bonds is 3. The van der Waals surface area contributed by atoms with Gasteiger partial charge in [0, 0.05) is 18.3 Å². The Hall–Kier alpha value is -3.58. The summed E-state index contributed by atoms with van der Waals surface area (Å²) in [5, 5.41) is 2.69. The van der Waals surface area contributed by atoms with Crippen LogP contribution in [-0.4, -0.2) is 17.7 Å². The van der Waals surface area contributed by atoms with Crippen molar-refractivity contribution in [1.82, 2.24) is 4.98 Å². The predicted octanol–water partition coefficient (Wildman–Crippen LogP) is 4.42. The number of amides is 1. The van der Waals surface area contributed by atoms with Crippen LogP contribution in [0.5, 0.6) is 0 Å². The van der Waals surface area contributed by atoms with E-state index in [0.717, 1.165) is 0 Å². The van der Waals surface area contributed by atoms with Gasteiger partial charge in [-0.15, -0.1) is 6.42 Å². The Morgan fingerprint density at radius 3 is 2.38 bits per heavy atom. The van der Waals surface area contributed by atoms with Crippen molar-refractivity contribution in [1.29, 1.82) is 0 Å². The maximum atomic E-state index is 12.2. The number of pyridine rings is 1. The summed E-state index contributed by atoms with van der Waals surface area (Å²) in [5.41, 5.74) is 5.77. The molecular formula is C22H16N2O2. The molecule has 0 spiro atoms. The third-order valence-electron chi connectivity index (χ3n) is 4.56. The fourth-order valence-corrected chi connectivity index (χ4v) is 3.36. The summed E-state index contributed by atoms with van der Waals surface area (Å²) >= 11 is 0. The number of nitrogens with zero attached hydrogens (tertiary/aromatic N) is 1. The molecule has 1 N–H and O–H groups in total. The number of terminal acetylenes is 1. The van der Waals surface area contributed by atoms with Crippen molar-refractivity contribution in [2.24, 2.45) is 0 Å². The molecule has 4 nitrogen and oxygen atoms in total. The van der Waals surface area contributed by atoms with Crippen LogP contribution in [0.3, 0.4) is 0 Å². The van der Waals surface area contributed by atoms with Gasteiger partial charge in [-0.25, -0.2) is 4.79 Å². The molecule has 3 aromatic rings. The zero-order chi connectivity index (χ0) is 17.9. The molecule has 126 valence electrons. The predicted molar refractivity (Wildman–Crippen MR) is 101 cm³/mol. The fourth-order valence-electron chi connectivity index (χ4n) is 3.36. The standard InChI is InChI=1S/C22H16N2O2/c1-2-15-13-23-12-11-21(15)24-22(25)26-14-20-18-9-5-3-7-16(18)17-8-4-6-10-19(17)20/h1,3-13,20H,14H2,(H,23,24,25). The second kappa shape index (κ2) is 6.73. The molecule has 0 radical (unpaired) electrons. The van der Waals surface area contributed by atoms with Gasteiger partial charge in [0.25, 0.3) is 0 Å². The SMILES string of the molecule is C#Cc1cnccc1NC(=O)OCC1c2ccccc2-c2ccccc21. The number of hydrogen-bond donors (Lipinski definition) is 1. The quantitative estimate of drug-likeness (QED) is 0.718. The molecule has 0 atom stereocenters. The number of nitrogens with one attached hydrogen (secondary N) is 1. The van der Waals surface area contributed by atoms with Crippen molar-refractivity contribution in [2.45, 2.75) is 5.92 Å². The van der Waals surface area contributed by atoms with Gasteiger partial charge in [0.1, 0.15) is 6.61 Å². The Kier molecular flexibility index (Phi) is 4.12. The van der Waals surface area contributed by atoms with Crippen LogP contribution in [0.2, 0.25) is 0 Å². The van der Waals surface area contributed by atoms with Crippen LogP contribution < -0.4 is 5.32 Å². The lowest BCUT2D eigenvalue weighted by atomic mass is 9.98. The lowest BCUT2D eigenvalue weighted by Crippen LogP contribution is -2.18. The lowest BCUT2D eigenvalue weighted by molar-refractivity contribution is 0.158. The first kappa shape index (κ1) is 15.9. The van der Waals surface area contributed by atoms with Crippen molar-refractivity contribution < 1.29 is 9.53 Å². The van der Waals surface area contributed by atoms with Gasteiger partial charge in [0.05, 0.1) is 11.3 Å². The molecule has 1 aliphatic rings. The first-order chi connectivity index (χ1) is 12.8. The monoisotopic (exact) mass is 340 g/mol. The van der Waals surface area contributed by atoms with Gasteiger partial charge in [0.2, 0.25) is 0 Å². The molecule has 1 aliphatic carbocycles. The van der Waals surface area contributed by atoms with Crippen molar-refractivity contribution in [2.75, 3.05) is 11.9 Å². The van der Waals surface area contributed by atoms with E-state index in [9.17, 15) is 4.79 Å². The Labute approximate surface area is 151 Å². The number of aromatic nitrogens is 1. The zero-order valence-corrected chi connectivity index (χ0v) is 14.0. The summed E-state index contributed by atoms with van der Waals surface area (Å²) in [6, 6.07) is 18.1.